The molecule has 2 aliphatic rings. The number of fused-ring (bicyclic) bond motifs is 1. The molecule has 1 aromatic carbocycles. The highest BCUT2D eigenvalue weighted by Crippen LogP contribution is 2.29. The Balaban J connectivity index is 1.22. The maximum atomic E-state index is 12.5. The topological polar surface area (TPSA) is 56.8 Å². The van der Waals surface area contributed by atoms with Crippen LogP contribution in [0.1, 0.15) is 19.3 Å². The Bertz CT molecular complexity index is 826. The van der Waals surface area contributed by atoms with Gasteiger partial charge in [0.05, 0.1) is 4.70 Å². The van der Waals surface area contributed by atoms with Crippen LogP contribution in [0, 0.1) is 0 Å². The molecule has 4 rings (SSSR count). The normalized spacial score (nSPS) is 17.9. The molecule has 0 radical (unpaired) electrons. The molecule has 6 nitrogen and oxygen atoms in total. The molecule has 1 aromatic heterocycles. The first-order valence-corrected chi connectivity index (χ1v) is 11.9. The summed E-state index contributed by atoms with van der Waals surface area (Å²) in [6.07, 6.45) is 1.60. The first kappa shape index (κ1) is 19.5. The number of hydrogen-bond donors (Lipinski definition) is 0. The molecule has 2 aliphatic heterocycles. The van der Waals surface area contributed by atoms with Gasteiger partial charge in [0.2, 0.25) is 11.8 Å². The van der Waals surface area contributed by atoms with Crippen molar-refractivity contribution in [3.63, 3.8) is 0 Å². The highest BCUT2D eigenvalue weighted by Gasteiger charge is 2.24. The number of carbonyl (C=O) groups is 2. The number of anilines is 1. The molecule has 2 fully saturated rings. The Hall–Kier alpha value is -1.80. The molecule has 2 saturated heterocycles. The van der Waals surface area contributed by atoms with Gasteiger partial charge in [-0.25, -0.2) is 0 Å². The zero-order valence-electron chi connectivity index (χ0n) is 16.0. The molecule has 150 valence electrons. The second-order valence-corrected chi connectivity index (χ2v) is 9.25. The number of carbonyl (C=O) groups excluding carboxylic acids is 2. The van der Waals surface area contributed by atoms with Crippen molar-refractivity contribution in [2.24, 2.45) is 0 Å². The predicted molar refractivity (Wildman–Crippen MR) is 116 cm³/mol. The van der Waals surface area contributed by atoms with E-state index in [9.17, 15) is 9.59 Å². The minimum Gasteiger partial charge on any atom is -0.352 e. The SMILES string of the molecule is O=C(CCCC(=O)N1CCN(c2nsc3ccccc23)CC1)N1CCSCC1. The summed E-state index contributed by atoms with van der Waals surface area (Å²) in [4.78, 5) is 30.9. The van der Waals surface area contributed by atoms with E-state index < -0.39 is 0 Å². The van der Waals surface area contributed by atoms with Crippen molar-refractivity contribution in [3.8, 4) is 0 Å². The van der Waals surface area contributed by atoms with Crippen LogP contribution in [0.25, 0.3) is 10.1 Å². The van der Waals surface area contributed by atoms with E-state index in [1.54, 1.807) is 0 Å². The number of amides is 2. The van der Waals surface area contributed by atoms with Gasteiger partial charge in [-0.1, -0.05) is 12.1 Å². The zero-order valence-corrected chi connectivity index (χ0v) is 17.6. The molecular weight excluding hydrogens is 392 g/mol. The van der Waals surface area contributed by atoms with Gasteiger partial charge in [0.25, 0.3) is 0 Å². The molecule has 2 aromatic rings. The summed E-state index contributed by atoms with van der Waals surface area (Å²) in [5.74, 6) is 3.48. The van der Waals surface area contributed by atoms with Crippen LogP contribution in [-0.4, -0.2) is 76.8 Å². The van der Waals surface area contributed by atoms with Crippen LogP contribution in [0.5, 0.6) is 0 Å². The van der Waals surface area contributed by atoms with Crippen molar-refractivity contribution >= 4 is 51.0 Å². The van der Waals surface area contributed by atoms with E-state index in [4.69, 9.17) is 0 Å². The molecule has 0 unspecified atom stereocenters. The fourth-order valence-electron chi connectivity index (χ4n) is 3.79. The summed E-state index contributed by atoms with van der Waals surface area (Å²) in [6, 6.07) is 8.30. The van der Waals surface area contributed by atoms with Gasteiger partial charge in [-0.2, -0.15) is 16.1 Å². The Morgan fingerprint density at radius 3 is 2.25 bits per heavy atom. The average molecular weight is 419 g/mol. The number of rotatable bonds is 5. The molecule has 3 heterocycles. The van der Waals surface area contributed by atoms with Gasteiger partial charge >= 0.3 is 0 Å². The highest BCUT2D eigenvalue weighted by molar-refractivity contribution is 7.99. The smallest absolute Gasteiger partial charge is 0.222 e. The Morgan fingerprint density at radius 1 is 0.893 bits per heavy atom. The summed E-state index contributed by atoms with van der Waals surface area (Å²) in [7, 11) is 0. The molecule has 0 N–H and O–H groups in total. The van der Waals surface area contributed by atoms with Gasteiger partial charge in [0.15, 0.2) is 0 Å². The van der Waals surface area contributed by atoms with E-state index in [-0.39, 0.29) is 11.8 Å². The van der Waals surface area contributed by atoms with Gasteiger partial charge in [-0.3, -0.25) is 9.59 Å². The van der Waals surface area contributed by atoms with Gasteiger partial charge in [-0.05, 0) is 30.1 Å². The quantitative estimate of drug-likeness (QED) is 0.747. The van der Waals surface area contributed by atoms with E-state index in [1.807, 2.05) is 33.7 Å². The summed E-state index contributed by atoms with van der Waals surface area (Å²) in [5, 5.41) is 1.20. The number of piperazine rings is 1. The lowest BCUT2D eigenvalue weighted by Crippen LogP contribution is -2.49. The number of aromatic nitrogens is 1. The maximum absolute atomic E-state index is 12.5. The first-order valence-electron chi connectivity index (χ1n) is 9.95. The van der Waals surface area contributed by atoms with Gasteiger partial charge in [0.1, 0.15) is 5.82 Å². The molecule has 0 bridgehead atoms. The lowest BCUT2D eigenvalue weighted by atomic mass is 10.2. The van der Waals surface area contributed by atoms with Crippen molar-refractivity contribution in [1.29, 1.82) is 0 Å². The zero-order chi connectivity index (χ0) is 19.3. The molecule has 0 saturated carbocycles. The van der Waals surface area contributed by atoms with Crippen LogP contribution in [0.2, 0.25) is 0 Å². The molecule has 0 aliphatic carbocycles. The van der Waals surface area contributed by atoms with E-state index >= 15 is 0 Å². The third-order valence-corrected chi connectivity index (χ3v) is 7.19. The van der Waals surface area contributed by atoms with Gasteiger partial charge < -0.3 is 14.7 Å². The van der Waals surface area contributed by atoms with Gasteiger partial charge in [0, 0.05) is 69.0 Å². The summed E-state index contributed by atoms with van der Waals surface area (Å²) in [6.45, 7) is 4.77. The van der Waals surface area contributed by atoms with E-state index in [1.165, 1.54) is 21.6 Å². The second kappa shape index (κ2) is 9.13. The second-order valence-electron chi connectivity index (χ2n) is 7.22. The van der Waals surface area contributed by atoms with Crippen LogP contribution >= 0.6 is 23.3 Å². The molecule has 28 heavy (non-hydrogen) atoms. The molecule has 0 atom stereocenters. The van der Waals surface area contributed by atoms with E-state index in [2.05, 4.69) is 21.4 Å². The standard InChI is InChI=1S/C20H26N4O2S2/c25-18(6-3-7-19(26)23-12-14-27-15-13-23)22-8-10-24(11-9-22)20-16-4-1-2-5-17(16)28-21-20/h1-2,4-5H,3,6-15H2. The lowest BCUT2D eigenvalue weighted by molar-refractivity contribution is -0.132. The molecule has 0 spiro atoms. The van der Waals surface area contributed by atoms with Crippen LogP contribution in [0.4, 0.5) is 5.82 Å². The first-order chi connectivity index (χ1) is 13.7. The van der Waals surface area contributed by atoms with Crippen molar-refractivity contribution in [1.82, 2.24) is 14.2 Å². The summed E-state index contributed by atoms with van der Waals surface area (Å²) >= 11 is 3.43. The Kier molecular flexibility index (Phi) is 6.36. The van der Waals surface area contributed by atoms with Crippen molar-refractivity contribution in [3.05, 3.63) is 24.3 Å². The third-order valence-electron chi connectivity index (χ3n) is 5.44. The van der Waals surface area contributed by atoms with E-state index in [0.717, 1.165) is 56.6 Å². The maximum Gasteiger partial charge on any atom is 0.222 e. The molecular formula is C20H26N4O2S2. The summed E-state index contributed by atoms with van der Waals surface area (Å²) < 4.78 is 5.82. The fraction of sp³-hybridized carbons (Fsp3) is 0.550. The van der Waals surface area contributed by atoms with Crippen LogP contribution in [0.15, 0.2) is 24.3 Å². The third kappa shape index (κ3) is 4.43. The minimum atomic E-state index is 0.171. The monoisotopic (exact) mass is 418 g/mol. The Morgan fingerprint density at radius 2 is 1.54 bits per heavy atom. The largest absolute Gasteiger partial charge is 0.352 e. The number of thioether (sulfide) groups is 1. The molecule has 2 amide bonds. The summed E-state index contributed by atoms with van der Waals surface area (Å²) in [5.41, 5.74) is 0. The lowest BCUT2D eigenvalue weighted by Gasteiger charge is -2.35. The van der Waals surface area contributed by atoms with Crippen LogP contribution < -0.4 is 4.90 Å². The Labute approximate surface area is 174 Å². The number of hydrogen-bond acceptors (Lipinski definition) is 6. The number of benzene rings is 1. The minimum absolute atomic E-state index is 0.171. The fourth-order valence-corrected chi connectivity index (χ4v) is 5.49. The van der Waals surface area contributed by atoms with E-state index in [0.29, 0.717) is 19.3 Å². The van der Waals surface area contributed by atoms with Crippen molar-refractivity contribution in [2.45, 2.75) is 19.3 Å². The average Bonchev–Trinajstić information content (AvgIpc) is 3.18. The van der Waals surface area contributed by atoms with Crippen molar-refractivity contribution in [2.75, 3.05) is 55.7 Å². The predicted octanol–water partition coefficient (Wildman–Crippen LogP) is 2.69. The van der Waals surface area contributed by atoms with Crippen LogP contribution in [0.3, 0.4) is 0 Å². The number of nitrogens with zero attached hydrogens (tertiary/aromatic N) is 4. The molecule has 8 heteroatoms. The van der Waals surface area contributed by atoms with Gasteiger partial charge in [-0.15, -0.1) is 0 Å². The van der Waals surface area contributed by atoms with Crippen LogP contribution in [-0.2, 0) is 9.59 Å². The van der Waals surface area contributed by atoms with Crippen molar-refractivity contribution < 1.29 is 9.59 Å². The highest BCUT2D eigenvalue weighted by atomic mass is 32.2.